The van der Waals surface area contributed by atoms with Gasteiger partial charge in [0, 0.05) is 23.6 Å². The second kappa shape index (κ2) is 6.53. The minimum atomic E-state index is -1.40. The largest absolute Gasteiger partial charge is 0.493 e. The van der Waals surface area contributed by atoms with Gasteiger partial charge in [-0.25, -0.2) is 0 Å². The van der Waals surface area contributed by atoms with Crippen molar-refractivity contribution in [3.63, 3.8) is 0 Å². The molecule has 8 heteroatoms. The fourth-order valence-corrected chi connectivity index (χ4v) is 3.79. The Hall–Kier alpha value is -2.74. The van der Waals surface area contributed by atoms with Crippen LogP contribution in [0.2, 0.25) is 0 Å². The zero-order chi connectivity index (χ0) is 19.1. The van der Waals surface area contributed by atoms with Gasteiger partial charge in [0.25, 0.3) is 5.56 Å². The highest BCUT2D eigenvalue weighted by atomic mass is 16.5. The van der Waals surface area contributed by atoms with Gasteiger partial charge in [0.2, 0.25) is 0 Å². The summed E-state index contributed by atoms with van der Waals surface area (Å²) < 4.78 is 15.5. The molecule has 8 nitrogen and oxygen atoms in total. The van der Waals surface area contributed by atoms with Crippen molar-refractivity contribution >= 4 is 5.97 Å². The van der Waals surface area contributed by atoms with Gasteiger partial charge in [0.05, 0.1) is 32.8 Å². The molecule has 1 heterocycles. The van der Waals surface area contributed by atoms with Crippen LogP contribution in [-0.2, 0) is 16.0 Å². The van der Waals surface area contributed by atoms with Gasteiger partial charge in [-0.05, 0) is 24.6 Å². The smallest absolute Gasteiger partial charge is 0.312 e. The molecule has 1 aromatic heterocycles. The second-order valence-corrected chi connectivity index (χ2v) is 6.60. The molecule has 1 aliphatic rings. The molecule has 3 N–H and O–H groups in total. The Kier molecular flexibility index (Phi) is 4.53. The number of hydrogen-bond acceptors (Lipinski definition) is 6. The molecule has 0 saturated carbocycles. The minimum absolute atomic E-state index is 0.130. The summed E-state index contributed by atoms with van der Waals surface area (Å²) in [5, 5.41) is 16.3. The first kappa shape index (κ1) is 18.1. The predicted molar refractivity (Wildman–Crippen MR) is 92.6 cm³/mol. The molecular formula is C18H22N2O6. The number of carbonyl (C=O) groups excluding carboxylic acids is 1. The Bertz CT molecular complexity index is 882. The number of carbonyl (C=O) groups is 1. The van der Waals surface area contributed by atoms with Gasteiger partial charge >= 0.3 is 5.97 Å². The number of methoxy groups -OCH3 is 3. The monoisotopic (exact) mass is 362 g/mol. The van der Waals surface area contributed by atoms with Crippen LogP contribution in [0.3, 0.4) is 0 Å². The topological polar surface area (TPSA) is 114 Å². The van der Waals surface area contributed by atoms with E-state index in [1.54, 1.807) is 25.1 Å². The summed E-state index contributed by atoms with van der Waals surface area (Å²) in [4.78, 5) is 24.9. The van der Waals surface area contributed by atoms with Crippen LogP contribution < -0.4 is 15.0 Å². The summed E-state index contributed by atoms with van der Waals surface area (Å²) >= 11 is 0. The number of benzene rings is 1. The Morgan fingerprint density at radius 1 is 1.19 bits per heavy atom. The van der Waals surface area contributed by atoms with Crippen LogP contribution in [0.15, 0.2) is 23.0 Å². The van der Waals surface area contributed by atoms with Gasteiger partial charge in [-0.2, -0.15) is 0 Å². The lowest BCUT2D eigenvalue weighted by Gasteiger charge is -2.40. The third-order valence-corrected chi connectivity index (χ3v) is 4.97. The molecule has 1 aliphatic carbocycles. The molecule has 0 bridgehead atoms. The molecule has 0 fully saturated rings. The highest BCUT2D eigenvalue weighted by Crippen LogP contribution is 2.45. The lowest BCUT2D eigenvalue weighted by Crippen LogP contribution is -2.49. The third kappa shape index (κ3) is 2.76. The number of H-pyrrole nitrogens is 2. The van der Waals surface area contributed by atoms with Crippen molar-refractivity contribution in [1.82, 2.24) is 10.2 Å². The maximum atomic E-state index is 12.5. The first-order valence-electron chi connectivity index (χ1n) is 8.15. The van der Waals surface area contributed by atoms with E-state index in [-0.39, 0.29) is 12.0 Å². The molecule has 0 saturated heterocycles. The summed E-state index contributed by atoms with van der Waals surface area (Å²) in [7, 11) is 4.29. The Labute approximate surface area is 150 Å². The van der Waals surface area contributed by atoms with Gasteiger partial charge in [0.1, 0.15) is 0 Å². The van der Waals surface area contributed by atoms with E-state index in [0.717, 1.165) is 0 Å². The molecule has 0 unspecified atom stereocenters. The van der Waals surface area contributed by atoms with E-state index in [0.29, 0.717) is 28.3 Å². The zero-order valence-electron chi connectivity index (χ0n) is 15.1. The van der Waals surface area contributed by atoms with Crippen LogP contribution >= 0.6 is 0 Å². The van der Waals surface area contributed by atoms with Crippen molar-refractivity contribution < 1.29 is 24.1 Å². The molecule has 26 heavy (non-hydrogen) atoms. The van der Waals surface area contributed by atoms with Crippen LogP contribution in [0.5, 0.6) is 11.5 Å². The van der Waals surface area contributed by atoms with Crippen LogP contribution in [0.4, 0.5) is 0 Å². The molecule has 1 aromatic carbocycles. The molecule has 0 spiro atoms. The molecule has 0 aliphatic heterocycles. The molecule has 140 valence electrons. The number of fused-ring (bicyclic) bond motifs is 1. The summed E-state index contributed by atoms with van der Waals surface area (Å²) in [6, 6.07) is 5.16. The lowest BCUT2D eigenvalue weighted by atomic mass is 9.66. The summed E-state index contributed by atoms with van der Waals surface area (Å²) in [6.45, 7) is 1.57. The van der Waals surface area contributed by atoms with Crippen molar-refractivity contribution in [3.05, 3.63) is 45.4 Å². The standard InChI is InChI=1S/C18H22N2O6/c1-18(23)8-10-14(16(21)20-19-10)13(15(18)17(22)26-4)9-5-6-11(24-2)12(7-9)25-3/h5-7,13,15,23H,8H2,1-4H3,(H2,19,20,21)/t13-,15-,18-/m0/s1. The van der Waals surface area contributed by atoms with Crippen molar-refractivity contribution in [3.8, 4) is 11.5 Å². The van der Waals surface area contributed by atoms with E-state index in [2.05, 4.69) is 10.2 Å². The number of nitrogens with one attached hydrogen (secondary N) is 2. The molecule has 0 amide bonds. The predicted octanol–water partition coefficient (Wildman–Crippen LogP) is 0.948. The maximum absolute atomic E-state index is 12.5. The zero-order valence-corrected chi connectivity index (χ0v) is 15.1. The van der Waals surface area contributed by atoms with Gasteiger partial charge < -0.3 is 24.4 Å². The highest BCUT2D eigenvalue weighted by molar-refractivity contribution is 5.77. The average Bonchev–Trinajstić information content (AvgIpc) is 2.98. The molecule has 3 rings (SSSR count). The van der Waals surface area contributed by atoms with Crippen LogP contribution in [-0.4, -0.2) is 48.2 Å². The van der Waals surface area contributed by atoms with Crippen LogP contribution in [0, 0.1) is 5.92 Å². The third-order valence-electron chi connectivity index (χ3n) is 4.97. The molecule has 0 radical (unpaired) electrons. The number of ether oxygens (including phenoxy) is 3. The summed E-state index contributed by atoms with van der Waals surface area (Å²) in [6.07, 6.45) is 0.130. The number of aromatic amines is 2. The number of aromatic nitrogens is 2. The SMILES string of the molecule is COC(=O)[C@@H]1[C@@H](c2ccc(OC)c(OC)c2)c2c([nH][nH]c2=O)C[C@]1(C)O. The van der Waals surface area contributed by atoms with Crippen molar-refractivity contribution in [2.45, 2.75) is 24.9 Å². The Morgan fingerprint density at radius 3 is 2.50 bits per heavy atom. The van der Waals surface area contributed by atoms with Crippen LogP contribution in [0.1, 0.15) is 29.7 Å². The van der Waals surface area contributed by atoms with Crippen molar-refractivity contribution in [2.24, 2.45) is 5.92 Å². The molecule has 3 atom stereocenters. The second-order valence-electron chi connectivity index (χ2n) is 6.60. The first-order valence-corrected chi connectivity index (χ1v) is 8.15. The van der Waals surface area contributed by atoms with Gasteiger partial charge in [-0.15, -0.1) is 0 Å². The van der Waals surface area contributed by atoms with E-state index in [9.17, 15) is 14.7 Å². The van der Waals surface area contributed by atoms with E-state index < -0.39 is 23.4 Å². The highest BCUT2D eigenvalue weighted by Gasteiger charge is 2.51. The number of esters is 1. The number of rotatable bonds is 4. The summed E-state index contributed by atoms with van der Waals surface area (Å²) in [5.74, 6) is -1.24. The fraction of sp³-hybridized carbons (Fsp3) is 0.444. The normalized spacial score (nSPS) is 24.7. The van der Waals surface area contributed by atoms with E-state index in [4.69, 9.17) is 14.2 Å². The maximum Gasteiger partial charge on any atom is 0.312 e. The fourth-order valence-electron chi connectivity index (χ4n) is 3.79. The van der Waals surface area contributed by atoms with Crippen LogP contribution in [0.25, 0.3) is 0 Å². The molecule has 2 aromatic rings. The summed E-state index contributed by atoms with van der Waals surface area (Å²) in [5.41, 5.74) is -0.101. The van der Waals surface area contributed by atoms with E-state index >= 15 is 0 Å². The minimum Gasteiger partial charge on any atom is -0.493 e. The van der Waals surface area contributed by atoms with Gasteiger partial charge in [-0.3, -0.25) is 14.7 Å². The molecular weight excluding hydrogens is 340 g/mol. The van der Waals surface area contributed by atoms with E-state index in [1.807, 2.05) is 0 Å². The van der Waals surface area contributed by atoms with Crippen molar-refractivity contribution in [1.29, 1.82) is 0 Å². The first-order chi connectivity index (χ1) is 12.3. The quantitative estimate of drug-likeness (QED) is 0.698. The Balaban J connectivity index is 2.25. The number of aliphatic hydroxyl groups is 1. The number of hydrogen-bond donors (Lipinski definition) is 3. The van der Waals surface area contributed by atoms with Crippen molar-refractivity contribution in [2.75, 3.05) is 21.3 Å². The Morgan fingerprint density at radius 2 is 1.88 bits per heavy atom. The lowest BCUT2D eigenvalue weighted by molar-refractivity contribution is -0.156. The van der Waals surface area contributed by atoms with E-state index in [1.165, 1.54) is 21.3 Å². The van der Waals surface area contributed by atoms with Gasteiger partial charge in [-0.1, -0.05) is 6.07 Å². The average molecular weight is 362 g/mol. The van der Waals surface area contributed by atoms with Gasteiger partial charge in [0.15, 0.2) is 11.5 Å².